The van der Waals surface area contributed by atoms with Gasteiger partial charge >= 0.3 is 6.18 Å². The molecule has 2 atom stereocenters. The summed E-state index contributed by atoms with van der Waals surface area (Å²) in [6.45, 7) is 5.58. The van der Waals surface area contributed by atoms with Crippen LogP contribution in [-0.4, -0.2) is 36.7 Å². The van der Waals surface area contributed by atoms with Crippen LogP contribution in [0.4, 0.5) is 13.2 Å². The fourth-order valence-corrected chi connectivity index (χ4v) is 2.83. The van der Waals surface area contributed by atoms with E-state index in [4.69, 9.17) is 10.5 Å². The highest BCUT2D eigenvalue weighted by Crippen LogP contribution is 2.35. The average Bonchev–Trinajstić information content (AvgIpc) is 2.45. The van der Waals surface area contributed by atoms with E-state index in [0.717, 1.165) is 6.07 Å². The van der Waals surface area contributed by atoms with E-state index in [-0.39, 0.29) is 24.7 Å². The lowest BCUT2D eigenvalue weighted by molar-refractivity contribution is -0.137. The van der Waals surface area contributed by atoms with Gasteiger partial charge in [0.2, 0.25) is 0 Å². The molecule has 6 heteroatoms. The molecule has 1 aliphatic heterocycles. The molecule has 21 heavy (non-hydrogen) atoms. The fraction of sp³-hybridized carbons (Fsp3) is 0.600. The summed E-state index contributed by atoms with van der Waals surface area (Å²) in [7, 11) is 0. The van der Waals surface area contributed by atoms with E-state index in [1.165, 1.54) is 12.1 Å². The average molecular weight is 302 g/mol. The zero-order valence-corrected chi connectivity index (χ0v) is 12.2. The zero-order chi connectivity index (χ0) is 15.6. The maximum atomic E-state index is 12.9. The molecule has 0 aromatic heterocycles. The van der Waals surface area contributed by atoms with Gasteiger partial charge in [-0.05, 0) is 31.5 Å². The molecule has 1 aliphatic rings. The van der Waals surface area contributed by atoms with Crippen LogP contribution in [0.15, 0.2) is 24.3 Å². The number of halogens is 3. The van der Waals surface area contributed by atoms with Crippen LogP contribution in [0.5, 0.6) is 0 Å². The third-order valence-electron chi connectivity index (χ3n) is 3.84. The van der Waals surface area contributed by atoms with Gasteiger partial charge in [0.1, 0.15) is 0 Å². The van der Waals surface area contributed by atoms with Crippen LogP contribution in [0, 0.1) is 0 Å². The van der Waals surface area contributed by atoms with E-state index in [1.807, 2.05) is 13.8 Å². The molecule has 1 aromatic rings. The smallest absolute Gasteiger partial charge is 0.374 e. The predicted molar refractivity (Wildman–Crippen MR) is 74.8 cm³/mol. The lowest BCUT2D eigenvalue weighted by Gasteiger charge is -2.43. The Kier molecular flexibility index (Phi) is 4.91. The number of morpholine rings is 1. The number of alkyl halides is 3. The van der Waals surface area contributed by atoms with Gasteiger partial charge < -0.3 is 10.5 Å². The van der Waals surface area contributed by atoms with E-state index in [0.29, 0.717) is 18.7 Å². The van der Waals surface area contributed by atoms with Gasteiger partial charge in [0.15, 0.2) is 0 Å². The Morgan fingerprint density at radius 3 is 2.67 bits per heavy atom. The van der Waals surface area contributed by atoms with Crippen LogP contribution in [0.3, 0.4) is 0 Å². The summed E-state index contributed by atoms with van der Waals surface area (Å²) in [5, 5.41) is 0. The Balaban J connectivity index is 2.39. The maximum Gasteiger partial charge on any atom is 0.416 e. The van der Waals surface area contributed by atoms with Crippen molar-refractivity contribution in [1.29, 1.82) is 0 Å². The first kappa shape index (κ1) is 16.3. The summed E-state index contributed by atoms with van der Waals surface area (Å²) in [6.07, 6.45) is -4.63. The van der Waals surface area contributed by atoms with E-state index < -0.39 is 11.7 Å². The molecule has 2 rings (SSSR count). The van der Waals surface area contributed by atoms with E-state index in [9.17, 15) is 13.2 Å². The minimum atomic E-state index is -4.34. The van der Waals surface area contributed by atoms with Crippen molar-refractivity contribution in [3.8, 4) is 0 Å². The van der Waals surface area contributed by atoms with Crippen molar-refractivity contribution < 1.29 is 17.9 Å². The SMILES string of the molecule is CC(C)N1CCOC(CN)C1c1cccc(C(F)(F)F)c1. The van der Waals surface area contributed by atoms with Crippen LogP contribution < -0.4 is 5.73 Å². The Bertz CT molecular complexity index is 476. The molecule has 1 saturated heterocycles. The zero-order valence-electron chi connectivity index (χ0n) is 12.2. The van der Waals surface area contributed by atoms with Crippen molar-refractivity contribution in [2.45, 2.75) is 38.2 Å². The summed E-state index contributed by atoms with van der Waals surface area (Å²) in [5.74, 6) is 0. The van der Waals surface area contributed by atoms with Gasteiger partial charge in [-0.1, -0.05) is 12.1 Å². The molecule has 2 N–H and O–H groups in total. The molecule has 118 valence electrons. The minimum absolute atomic E-state index is 0.211. The highest BCUT2D eigenvalue weighted by Gasteiger charge is 2.36. The van der Waals surface area contributed by atoms with E-state index in [2.05, 4.69) is 4.90 Å². The second-order valence-electron chi connectivity index (χ2n) is 5.54. The molecule has 1 fully saturated rings. The Hall–Kier alpha value is -1.11. The Morgan fingerprint density at radius 2 is 2.10 bits per heavy atom. The largest absolute Gasteiger partial charge is 0.416 e. The summed E-state index contributed by atoms with van der Waals surface area (Å²) in [5.41, 5.74) is 5.71. The van der Waals surface area contributed by atoms with Gasteiger partial charge in [-0.2, -0.15) is 13.2 Å². The molecule has 3 nitrogen and oxygen atoms in total. The number of hydrogen-bond donors (Lipinski definition) is 1. The molecule has 0 aliphatic carbocycles. The van der Waals surface area contributed by atoms with E-state index >= 15 is 0 Å². The first-order chi connectivity index (χ1) is 9.84. The van der Waals surface area contributed by atoms with Gasteiger partial charge in [0.05, 0.1) is 24.3 Å². The number of ether oxygens (including phenoxy) is 1. The normalized spacial score (nSPS) is 24.5. The van der Waals surface area contributed by atoms with Crippen molar-refractivity contribution in [3.63, 3.8) is 0 Å². The third-order valence-corrected chi connectivity index (χ3v) is 3.84. The Morgan fingerprint density at radius 1 is 1.38 bits per heavy atom. The quantitative estimate of drug-likeness (QED) is 0.933. The molecule has 1 heterocycles. The van der Waals surface area contributed by atoms with Gasteiger partial charge in [0, 0.05) is 19.1 Å². The number of hydrogen-bond acceptors (Lipinski definition) is 3. The summed E-state index contributed by atoms with van der Waals surface area (Å²) in [6, 6.07) is 5.42. The number of nitrogens with two attached hydrogens (primary N) is 1. The fourth-order valence-electron chi connectivity index (χ4n) is 2.83. The Labute approximate surface area is 122 Å². The predicted octanol–water partition coefficient (Wildman–Crippen LogP) is 2.81. The first-order valence-corrected chi connectivity index (χ1v) is 7.09. The number of rotatable bonds is 3. The number of nitrogens with zero attached hydrogens (tertiary/aromatic N) is 1. The maximum absolute atomic E-state index is 12.9. The van der Waals surface area contributed by atoms with Crippen LogP contribution in [0.2, 0.25) is 0 Å². The monoisotopic (exact) mass is 302 g/mol. The summed E-state index contributed by atoms with van der Waals surface area (Å²) >= 11 is 0. The molecule has 0 radical (unpaired) electrons. The minimum Gasteiger partial charge on any atom is -0.374 e. The molecule has 0 saturated carbocycles. The second-order valence-corrected chi connectivity index (χ2v) is 5.54. The van der Waals surface area contributed by atoms with Crippen LogP contribution in [0.25, 0.3) is 0 Å². The van der Waals surface area contributed by atoms with Gasteiger partial charge in [0.25, 0.3) is 0 Å². The van der Waals surface area contributed by atoms with Crippen LogP contribution >= 0.6 is 0 Å². The van der Waals surface area contributed by atoms with Crippen LogP contribution in [-0.2, 0) is 10.9 Å². The van der Waals surface area contributed by atoms with Gasteiger partial charge in [-0.15, -0.1) is 0 Å². The highest BCUT2D eigenvalue weighted by molar-refractivity contribution is 5.29. The van der Waals surface area contributed by atoms with Gasteiger partial charge in [-0.3, -0.25) is 4.90 Å². The molecular formula is C15H21F3N2O. The van der Waals surface area contributed by atoms with Crippen molar-refractivity contribution in [2.24, 2.45) is 5.73 Å². The van der Waals surface area contributed by atoms with Crippen molar-refractivity contribution >= 4 is 0 Å². The van der Waals surface area contributed by atoms with Crippen molar-refractivity contribution in [2.75, 3.05) is 19.7 Å². The molecule has 0 spiro atoms. The topological polar surface area (TPSA) is 38.5 Å². The second kappa shape index (κ2) is 6.34. The lowest BCUT2D eigenvalue weighted by Crippen LogP contribution is -2.50. The molecule has 0 amide bonds. The van der Waals surface area contributed by atoms with E-state index in [1.54, 1.807) is 6.07 Å². The third kappa shape index (κ3) is 3.56. The first-order valence-electron chi connectivity index (χ1n) is 7.09. The molecule has 0 bridgehead atoms. The molecule has 2 unspecified atom stereocenters. The molecule has 1 aromatic carbocycles. The number of benzene rings is 1. The van der Waals surface area contributed by atoms with Crippen LogP contribution in [0.1, 0.15) is 31.0 Å². The highest BCUT2D eigenvalue weighted by atomic mass is 19.4. The van der Waals surface area contributed by atoms with Crippen molar-refractivity contribution in [1.82, 2.24) is 4.90 Å². The lowest BCUT2D eigenvalue weighted by atomic mass is 9.95. The van der Waals surface area contributed by atoms with Crippen molar-refractivity contribution in [3.05, 3.63) is 35.4 Å². The summed E-state index contributed by atoms with van der Waals surface area (Å²) < 4.78 is 44.4. The van der Waals surface area contributed by atoms with Gasteiger partial charge in [-0.25, -0.2) is 0 Å². The molecular weight excluding hydrogens is 281 g/mol. The standard InChI is InChI=1S/C15H21F3N2O/c1-10(2)20-6-7-21-13(9-19)14(20)11-4-3-5-12(8-11)15(16,17)18/h3-5,8,10,13-14H,6-7,9,19H2,1-2H3. The summed E-state index contributed by atoms with van der Waals surface area (Å²) in [4.78, 5) is 2.15.